The Morgan fingerprint density at radius 1 is 1.65 bits per heavy atom. The van der Waals surface area contributed by atoms with Gasteiger partial charge in [0.2, 0.25) is 0 Å². The molecule has 0 amide bonds. The van der Waals surface area contributed by atoms with Crippen LogP contribution >= 0.6 is 11.3 Å². The molecule has 1 unspecified atom stereocenters. The lowest BCUT2D eigenvalue weighted by Crippen LogP contribution is -2.18. The van der Waals surface area contributed by atoms with Crippen LogP contribution in [0.25, 0.3) is 0 Å². The first-order valence-corrected chi connectivity index (χ1v) is 6.61. The zero-order chi connectivity index (χ0) is 12.7. The largest absolute Gasteiger partial charge is 0.466 e. The van der Waals surface area contributed by atoms with E-state index >= 15 is 0 Å². The Morgan fingerprint density at radius 2 is 2.41 bits per heavy atom. The molecule has 0 aromatic carbocycles. The molecule has 0 aliphatic heterocycles. The van der Waals surface area contributed by atoms with Crippen LogP contribution in [0.3, 0.4) is 0 Å². The van der Waals surface area contributed by atoms with Gasteiger partial charge in [-0.15, -0.1) is 11.3 Å². The minimum absolute atomic E-state index is 0.238. The molecule has 4 heteroatoms. The summed E-state index contributed by atoms with van der Waals surface area (Å²) >= 11 is 1.73. The Morgan fingerprint density at radius 3 is 2.94 bits per heavy atom. The third-order valence-electron chi connectivity index (χ3n) is 2.57. The molecule has 0 saturated heterocycles. The van der Waals surface area contributed by atoms with E-state index in [9.17, 15) is 4.79 Å². The van der Waals surface area contributed by atoms with Gasteiger partial charge < -0.3 is 10.1 Å². The van der Waals surface area contributed by atoms with Crippen LogP contribution in [0.4, 0.5) is 0 Å². The van der Waals surface area contributed by atoms with Gasteiger partial charge in [-0.3, -0.25) is 0 Å². The fourth-order valence-corrected chi connectivity index (χ4v) is 2.26. The van der Waals surface area contributed by atoms with Gasteiger partial charge in [0.1, 0.15) is 0 Å². The Labute approximate surface area is 106 Å². The predicted octanol–water partition coefficient (Wildman–Crippen LogP) is 2.91. The Kier molecular flexibility index (Phi) is 5.94. The monoisotopic (exact) mass is 253 g/mol. The zero-order valence-corrected chi connectivity index (χ0v) is 11.3. The number of hydrogen-bond donors (Lipinski definition) is 1. The lowest BCUT2D eigenvalue weighted by molar-refractivity contribution is -0.136. The first-order chi connectivity index (χ1) is 8.19. The number of esters is 1. The van der Waals surface area contributed by atoms with Crippen LogP contribution in [0.1, 0.15) is 31.2 Å². The molecule has 0 aliphatic carbocycles. The number of hydrogen-bond acceptors (Lipinski definition) is 4. The fourth-order valence-electron chi connectivity index (χ4n) is 1.50. The van der Waals surface area contributed by atoms with E-state index in [-0.39, 0.29) is 5.97 Å². The number of carbonyl (C=O) groups is 1. The molecule has 0 saturated carbocycles. The molecule has 0 fully saturated rings. The third-order valence-corrected chi connectivity index (χ3v) is 3.63. The van der Waals surface area contributed by atoms with Gasteiger partial charge in [0.15, 0.2) is 0 Å². The Hall–Kier alpha value is -1.13. The molecular formula is C13H19NO2S. The van der Waals surface area contributed by atoms with Crippen molar-refractivity contribution in [3.63, 3.8) is 0 Å². The van der Waals surface area contributed by atoms with Crippen molar-refractivity contribution in [3.05, 3.63) is 34.0 Å². The quantitative estimate of drug-likeness (QED) is 0.626. The standard InChI is InChI=1S/C13H19NO2S/c1-4-11(13(15)16-3)7-8-14-10(2)12-6-5-9-17-12/h5-7,9-10,14H,4,8H2,1-3H3/b11-7-. The van der Waals surface area contributed by atoms with Crippen LogP contribution < -0.4 is 5.32 Å². The maximum Gasteiger partial charge on any atom is 0.333 e. The molecule has 1 heterocycles. The van der Waals surface area contributed by atoms with E-state index in [1.54, 1.807) is 11.3 Å². The molecule has 94 valence electrons. The molecule has 0 aliphatic rings. The second-order valence-electron chi connectivity index (χ2n) is 3.72. The van der Waals surface area contributed by atoms with Gasteiger partial charge in [0.25, 0.3) is 0 Å². The zero-order valence-electron chi connectivity index (χ0n) is 10.5. The van der Waals surface area contributed by atoms with E-state index in [4.69, 9.17) is 4.74 Å². The number of rotatable bonds is 6. The summed E-state index contributed by atoms with van der Waals surface area (Å²) in [6.07, 6.45) is 2.59. The van der Waals surface area contributed by atoms with E-state index in [0.29, 0.717) is 19.0 Å². The van der Waals surface area contributed by atoms with Gasteiger partial charge in [-0.1, -0.05) is 19.1 Å². The number of methoxy groups -OCH3 is 1. The van der Waals surface area contributed by atoms with Gasteiger partial charge in [0, 0.05) is 23.0 Å². The first-order valence-electron chi connectivity index (χ1n) is 5.73. The topological polar surface area (TPSA) is 38.3 Å². The fraction of sp³-hybridized carbons (Fsp3) is 0.462. The summed E-state index contributed by atoms with van der Waals surface area (Å²) in [5.41, 5.74) is 0.721. The van der Waals surface area contributed by atoms with Crippen molar-refractivity contribution in [1.82, 2.24) is 5.32 Å². The lowest BCUT2D eigenvalue weighted by atomic mass is 10.2. The van der Waals surface area contributed by atoms with Gasteiger partial charge in [0.05, 0.1) is 7.11 Å². The molecular weight excluding hydrogens is 234 g/mol. The Bertz CT molecular complexity index is 371. The summed E-state index contributed by atoms with van der Waals surface area (Å²) in [6, 6.07) is 4.45. The molecule has 3 nitrogen and oxygen atoms in total. The maximum absolute atomic E-state index is 11.3. The SMILES string of the molecule is CC/C(=C/CNC(C)c1cccs1)C(=O)OC. The van der Waals surface area contributed by atoms with Crippen molar-refractivity contribution >= 4 is 17.3 Å². The average molecular weight is 253 g/mol. The van der Waals surface area contributed by atoms with Crippen LogP contribution in [0, 0.1) is 0 Å². The van der Waals surface area contributed by atoms with Crippen molar-refractivity contribution < 1.29 is 9.53 Å². The van der Waals surface area contributed by atoms with E-state index in [2.05, 4.69) is 23.7 Å². The summed E-state index contributed by atoms with van der Waals surface area (Å²) in [5, 5.41) is 5.42. The molecule has 1 aromatic rings. The number of nitrogens with one attached hydrogen (secondary N) is 1. The van der Waals surface area contributed by atoms with Crippen LogP contribution in [0.5, 0.6) is 0 Å². The molecule has 0 radical (unpaired) electrons. The van der Waals surface area contributed by atoms with Crippen molar-refractivity contribution in [1.29, 1.82) is 0 Å². The molecule has 0 spiro atoms. The first kappa shape index (κ1) is 13.9. The highest BCUT2D eigenvalue weighted by Gasteiger charge is 2.07. The summed E-state index contributed by atoms with van der Waals surface area (Å²) in [5.74, 6) is -0.238. The highest BCUT2D eigenvalue weighted by Crippen LogP contribution is 2.17. The van der Waals surface area contributed by atoms with Gasteiger partial charge in [-0.2, -0.15) is 0 Å². The molecule has 1 atom stereocenters. The van der Waals surface area contributed by atoms with Crippen molar-refractivity contribution in [3.8, 4) is 0 Å². The predicted molar refractivity (Wildman–Crippen MR) is 71.1 cm³/mol. The highest BCUT2D eigenvalue weighted by atomic mass is 32.1. The number of ether oxygens (including phenoxy) is 1. The Balaban J connectivity index is 2.45. The normalized spacial score (nSPS) is 13.5. The summed E-state index contributed by atoms with van der Waals surface area (Å²) in [4.78, 5) is 12.6. The maximum atomic E-state index is 11.3. The minimum Gasteiger partial charge on any atom is -0.466 e. The summed E-state index contributed by atoms with van der Waals surface area (Å²) in [6.45, 7) is 4.74. The third kappa shape index (κ3) is 4.32. The van der Waals surface area contributed by atoms with E-state index in [0.717, 1.165) is 5.57 Å². The van der Waals surface area contributed by atoms with E-state index in [1.165, 1.54) is 12.0 Å². The molecule has 17 heavy (non-hydrogen) atoms. The smallest absolute Gasteiger partial charge is 0.333 e. The van der Waals surface area contributed by atoms with Gasteiger partial charge in [-0.05, 0) is 24.8 Å². The number of thiophene rings is 1. The second-order valence-corrected chi connectivity index (χ2v) is 4.70. The highest BCUT2D eigenvalue weighted by molar-refractivity contribution is 7.10. The molecule has 0 bridgehead atoms. The van der Waals surface area contributed by atoms with Crippen molar-refractivity contribution in [2.45, 2.75) is 26.3 Å². The second kappa shape index (κ2) is 7.25. The van der Waals surface area contributed by atoms with Crippen LogP contribution in [0.2, 0.25) is 0 Å². The van der Waals surface area contributed by atoms with Gasteiger partial charge in [-0.25, -0.2) is 4.79 Å². The van der Waals surface area contributed by atoms with Crippen LogP contribution in [-0.4, -0.2) is 19.6 Å². The average Bonchev–Trinajstić information content (AvgIpc) is 2.87. The molecule has 1 rings (SSSR count). The summed E-state index contributed by atoms with van der Waals surface area (Å²) in [7, 11) is 1.41. The van der Waals surface area contributed by atoms with Crippen molar-refractivity contribution in [2.24, 2.45) is 0 Å². The van der Waals surface area contributed by atoms with E-state index < -0.39 is 0 Å². The lowest BCUT2D eigenvalue weighted by Gasteiger charge is -2.10. The molecule has 1 aromatic heterocycles. The minimum atomic E-state index is -0.238. The van der Waals surface area contributed by atoms with E-state index in [1.807, 2.05) is 19.1 Å². The van der Waals surface area contributed by atoms with Crippen molar-refractivity contribution in [2.75, 3.05) is 13.7 Å². The number of carbonyl (C=O) groups excluding carboxylic acids is 1. The van der Waals surface area contributed by atoms with Gasteiger partial charge >= 0.3 is 5.97 Å². The van der Waals surface area contributed by atoms with Crippen LogP contribution in [-0.2, 0) is 9.53 Å². The van der Waals surface area contributed by atoms with Crippen LogP contribution in [0.15, 0.2) is 29.2 Å². The molecule has 1 N–H and O–H groups in total. The summed E-state index contributed by atoms with van der Waals surface area (Å²) < 4.78 is 4.70.